The van der Waals surface area contributed by atoms with Crippen molar-refractivity contribution in [2.75, 3.05) is 0 Å². The molecule has 0 unspecified atom stereocenters. The third kappa shape index (κ3) is 4.16. The number of nitrogens with one attached hydrogen (secondary N) is 1. The van der Waals surface area contributed by atoms with Crippen LogP contribution in [0.2, 0.25) is 0 Å². The fourth-order valence-electron chi connectivity index (χ4n) is 2.76. The fourth-order valence-corrected chi connectivity index (χ4v) is 2.76. The normalized spacial score (nSPS) is 11.4. The van der Waals surface area contributed by atoms with Gasteiger partial charge in [-0.05, 0) is 47.9 Å². The zero-order valence-corrected chi connectivity index (χ0v) is 14.5. The molecule has 26 heavy (non-hydrogen) atoms. The molecule has 1 amide bonds. The van der Waals surface area contributed by atoms with Gasteiger partial charge < -0.3 is 5.11 Å². The summed E-state index contributed by atoms with van der Waals surface area (Å²) in [6.45, 7) is 1.81. The molecule has 3 rings (SSSR count). The maximum absolute atomic E-state index is 12.9. The molecule has 3 aromatic carbocycles. The number of aromatic hydroxyl groups is 1. The van der Waals surface area contributed by atoms with Crippen LogP contribution in [-0.2, 0) is 4.79 Å². The van der Waals surface area contributed by atoms with E-state index in [1.54, 1.807) is 24.3 Å². The van der Waals surface area contributed by atoms with Gasteiger partial charge in [0.2, 0.25) is 0 Å². The van der Waals surface area contributed by atoms with Crippen molar-refractivity contribution >= 4 is 11.6 Å². The summed E-state index contributed by atoms with van der Waals surface area (Å²) >= 11 is 0. The molecule has 4 nitrogen and oxygen atoms in total. The molecule has 0 spiro atoms. The monoisotopic (exact) mass is 344 g/mol. The summed E-state index contributed by atoms with van der Waals surface area (Å²) in [5.74, 6) is -0.437. The molecule has 0 saturated heterocycles. The van der Waals surface area contributed by atoms with Crippen molar-refractivity contribution in [2.45, 2.75) is 12.8 Å². The van der Waals surface area contributed by atoms with Crippen molar-refractivity contribution in [1.82, 2.24) is 5.43 Å². The van der Waals surface area contributed by atoms with E-state index in [0.29, 0.717) is 5.71 Å². The van der Waals surface area contributed by atoms with Crippen LogP contribution in [0.25, 0.3) is 0 Å². The van der Waals surface area contributed by atoms with E-state index in [2.05, 4.69) is 10.5 Å². The molecule has 0 radical (unpaired) electrons. The average molecular weight is 344 g/mol. The van der Waals surface area contributed by atoms with Crippen molar-refractivity contribution < 1.29 is 9.90 Å². The smallest absolute Gasteiger partial charge is 0.252 e. The summed E-state index contributed by atoms with van der Waals surface area (Å²) in [7, 11) is 0. The largest absolute Gasteiger partial charge is 0.508 e. The first kappa shape index (κ1) is 17.4. The van der Waals surface area contributed by atoms with E-state index in [1.807, 2.05) is 67.6 Å². The first-order valence-corrected chi connectivity index (χ1v) is 8.38. The van der Waals surface area contributed by atoms with Gasteiger partial charge in [0.05, 0.1) is 11.6 Å². The number of phenolic OH excluding ortho intramolecular Hbond substituents is 1. The van der Waals surface area contributed by atoms with E-state index in [-0.39, 0.29) is 11.7 Å². The zero-order chi connectivity index (χ0) is 18.4. The predicted octanol–water partition coefficient (Wildman–Crippen LogP) is 4.06. The Morgan fingerprint density at radius 1 is 0.846 bits per heavy atom. The molecule has 0 heterocycles. The number of hydrazone groups is 1. The quantitative estimate of drug-likeness (QED) is 0.541. The lowest BCUT2D eigenvalue weighted by atomic mass is 9.91. The average Bonchev–Trinajstić information content (AvgIpc) is 2.68. The van der Waals surface area contributed by atoms with Crippen molar-refractivity contribution in [3.05, 3.63) is 102 Å². The molecule has 0 aliphatic rings. The molecule has 0 aliphatic carbocycles. The second kappa shape index (κ2) is 8.12. The Morgan fingerprint density at radius 3 is 1.85 bits per heavy atom. The number of carbonyl (C=O) groups excluding carboxylic acids is 1. The molecule has 2 N–H and O–H groups in total. The molecule has 3 aromatic rings. The minimum atomic E-state index is -0.436. The van der Waals surface area contributed by atoms with Crippen LogP contribution in [0, 0.1) is 0 Å². The zero-order valence-electron chi connectivity index (χ0n) is 14.5. The number of hydrogen-bond acceptors (Lipinski definition) is 3. The molecule has 0 fully saturated rings. The molecule has 0 bridgehead atoms. The number of benzene rings is 3. The molecule has 130 valence electrons. The fraction of sp³-hybridized carbons (Fsp3) is 0.0909. The highest BCUT2D eigenvalue weighted by atomic mass is 16.3. The summed E-state index contributed by atoms with van der Waals surface area (Å²) < 4.78 is 0. The summed E-state index contributed by atoms with van der Waals surface area (Å²) in [6.07, 6.45) is 0. The second-order valence-electron chi connectivity index (χ2n) is 5.97. The lowest BCUT2D eigenvalue weighted by Gasteiger charge is -2.16. The highest BCUT2D eigenvalue weighted by Gasteiger charge is 2.22. The molecule has 0 aliphatic heterocycles. The van der Waals surface area contributed by atoms with E-state index in [9.17, 15) is 9.90 Å². The van der Waals surface area contributed by atoms with Gasteiger partial charge in [0.1, 0.15) is 5.75 Å². The number of amides is 1. The maximum Gasteiger partial charge on any atom is 0.252 e. The van der Waals surface area contributed by atoms with Crippen LogP contribution in [0.1, 0.15) is 29.5 Å². The number of phenols is 1. The van der Waals surface area contributed by atoms with Crippen LogP contribution in [-0.4, -0.2) is 16.7 Å². The lowest BCUT2D eigenvalue weighted by Crippen LogP contribution is -2.27. The summed E-state index contributed by atoms with van der Waals surface area (Å²) in [6, 6.07) is 26.0. The van der Waals surface area contributed by atoms with E-state index in [1.165, 1.54) is 0 Å². The van der Waals surface area contributed by atoms with Crippen molar-refractivity contribution in [1.29, 1.82) is 0 Å². The Labute approximate surface area is 152 Å². The SMILES string of the molecule is C/C(=N\NC(=O)C(c1ccccc1)c1ccccc1)c1ccc(O)cc1. The van der Waals surface area contributed by atoms with Crippen LogP contribution in [0.4, 0.5) is 0 Å². The minimum absolute atomic E-state index is 0.193. The molecule has 0 aromatic heterocycles. The molecular formula is C22H20N2O2. The number of hydrogen-bond donors (Lipinski definition) is 2. The van der Waals surface area contributed by atoms with E-state index >= 15 is 0 Å². The van der Waals surface area contributed by atoms with Crippen LogP contribution >= 0.6 is 0 Å². The Morgan fingerprint density at radius 2 is 1.35 bits per heavy atom. The maximum atomic E-state index is 12.9. The summed E-state index contributed by atoms with van der Waals surface area (Å²) in [4.78, 5) is 12.9. The molecule has 0 atom stereocenters. The van der Waals surface area contributed by atoms with Crippen molar-refractivity contribution in [3.63, 3.8) is 0 Å². The second-order valence-corrected chi connectivity index (χ2v) is 5.97. The van der Waals surface area contributed by atoms with E-state index < -0.39 is 5.92 Å². The van der Waals surface area contributed by atoms with Gasteiger partial charge in [-0.3, -0.25) is 4.79 Å². The van der Waals surface area contributed by atoms with Gasteiger partial charge >= 0.3 is 0 Å². The Kier molecular flexibility index (Phi) is 5.44. The van der Waals surface area contributed by atoms with Crippen LogP contribution < -0.4 is 5.43 Å². The van der Waals surface area contributed by atoms with Crippen LogP contribution in [0.15, 0.2) is 90.0 Å². The molecule has 4 heteroatoms. The standard InChI is InChI=1S/C22H20N2O2/c1-16(17-12-14-20(25)15-13-17)23-24-22(26)21(18-8-4-2-5-9-18)19-10-6-3-7-11-19/h2-15,21,25H,1H3,(H,24,26)/b23-16+. The van der Waals surface area contributed by atoms with Crippen molar-refractivity contribution in [3.8, 4) is 5.75 Å². The minimum Gasteiger partial charge on any atom is -0.508 e. The van der Waals surface area contributed by atoms with Gasteiger partial charge in [0.25, 0.3) is 5.91 Å². The highest BCUT2D eigenvalue weighted by molar-refractivity contribution is 5.99. The first-order chi connectivity index (χ1) is 12.6. The van der Waals surface area contributed by atoms with Crippen LogP contribution in [0.3, 0.4) is 0 Å². The third-order valence-electron chi connectivity index (χ3n) is 4.15. The summed E-state index contributed by atoms with van der Waals surface area (Å²) in [5, 5.41) is 13.6. The number of rotatable bonds is 5. The van der Waals surface area contributed by atoms with Gasteiger partial charge in [-0.15, -0.1) is 0 Å². The topological polar surface area (TPSA) is 61.7 Å². The van der Waals surface area contributed by atoms with Gasteiger partial charge in [0.15, 0.2) is 0 Å². The van der Waals surface area contributed by atoms with Gasteiger partial charge in [-0.25, -0.2) is 5.43 Å². The van der Waals surface area contributed by atoms with Gasteiger partial charge in [0, 0.05) is 0 Å². The molecule has 0 saturated carbocycles. The van der Waals surface area contributed by atoms with Crippen LogP contribution in [0.5, 0.6) is 5.75 Å². The Bertz CT molecular complexity index is 849. The van der Waals surface area contributed by atoms with E-state index in [4.69, 9.17) is 0 Å². The van der Waals surface area contributed by atoms with Gasteiger partial charge in [-0.2, -0.15) is 5.10 Å². The van der Waals surface area contributed by atoms with Crippen molar-refractivity contribution in [2.24, 2.45) is 5.10 Å². The third-order valence-corrected chi connectivity index (χ3v) is 4.15. The first-order valence-electron chi connectivity index (χ1n) is 8.38. The highest BCUT2D eigenvalue weighted by Crippen LogP contribution is 2.24. The Hall–Kier alpha value is -3.40. The lowest BCUT2D eigenvalue weighted by molar-refractivity contribution is -0.121. The van der Waals surface area contributed by atoms with Gasteiger partial charge in [-0.1, -0.05) is 60.7 Å². The number of nitrogens with zero attached hydrogens (tertiary/aromatic N) is 1. The Balaban J connectivity index is 1.84. The summed E-state index contributed by atoms with van der Waals surface area (Å²) in [5.41, 5.74) is 6.00. The predicted molar refractivity (Wildman–Crippen MR) is 103 cm³/mol. The van der Waals surface area contributed by atoms with E-state index in [0.717, 1.165) is 16.7 Å². The molecular weight excluding hydrogens is 324 g/mol. The number of carbonyl (C=O) groups is 1.